The van der Waals surface area contributed by atoms with Crippen LogP contribution in [0.25, 0.3) is 22.4 Å². The quantitative estimate of drug-likeness (QED) is 0.204. The molecule has 1 aliphatic heterocycles. The van der Waals surface area contributed by atoms with Crippen LogP contribution in [0.3, 0.4) is 0 Å². The number of fused-ring (bicyclic) bond motifs is 1. The summed E-state index contributed by atoms with van der Waals surface area (Å²) < 4.78 is 10.7. The maximum Gasteiger partial charge on any atom is 0.261 e. The Balaban J connectivity index is 1.35. The molecular formula is C30H36ClN5O4. The second-order valence-corrected chi connectivity index (χ2v) is 10.8. The zero-order valence-corrected chi connectivity index (χ0v) is 23.8. The lowest BCUT2D eigenvalue weighted by Gasteiger charge is -2.33. The van der Waals surface area contributed by atoms with Crippen LogP contribution >= 0.6 is 11.6 Å². The van der Waals surface area contributed by atoms with Crippen molar-refractivity contribution in [1.82, 2.24) is 19.9 Å². The summed E-state index contributed by atoms with van der Waals surface area (Å²) in [6, 6.07) is 13.3. The number of aliphatic hydroxyl groups excluding tert-OH is 1. The van der Waals surface area contributed by atoms with Gasteiger partial charge in [0.2, 0.25) is 0 Å². The van der Waals surface area contributed by atoms with Crippen LogP contribution in [0.1, 0.15) is 41.6 Å². The molecule has 0 saturated carbocycles. The van der Waals surface area contributed by atoms with E-state index < -0.39 is 6.10 Å². The van der Waals surface area contributed by atoms with Crippen molar-refractivity contribution in [1.29, 1.82) is 0 Å². The molecule has 3 heterocycles. The highest BCUT2D eigenvalue weighted by atomic mass is 35.5. The van der Waals surface area contributed by atoms with Gasteiger partial charge in [-0.1, -0.05) is 29.8 Å². The molecule has 0 spiro atoms. The zero-order chi connectivity index (χ0) is 28.2. The molecule has 1 saturated heterocycles. The van der Waals surface area contributed by atoms with Crippen molar-refractivity contribution in [3.63, 3.8) is 0 Å². The minimum Gasteiger partial charge on any atom is -0.387 e. The number of likely N-dealkylation sites (tertiary alicyclic amines) is 1. The summed E-state index contributed by atoms with van der Waals surface area (Å²) in [7, 11) is 3.34. The molecule has 212 valence electrons. The molecule has 0 amide bonds. The standard InChI is InChI=1S/C30H36ClN5O4/c1-18-13-21(19-8-11-36(12-9-19)17-26(39-2)40-3)15-24-28(18)35-29(34-24)27-23(7-10-32-30(27)38)33-16-25(37)20-5-4-6-22(31)14-20/h4-7,10,13-15,19,25-26,37H,8-9,11-12,16-17H2,1-3H3,(H,34,35)(H2,32,33,38)/t25-/m1/s1. The number of ether oxygens (including phenoxy) is 2. The number of imidazole rings is 1. The molecule has 2 aromatic carbocycles. The molecule has 1 aliphatic rings. The van der Waals surface area contributed by atoms with Crippen LogP contribution in [0, 0.1) is 6.92 Å². The van der Waals surface area contributed by atoms with E-state index in [9.17, 15) is 9.90 Å². The number of aromatic amines is 2. The normalized spacial score (nSPS) is 15.7. The molecule has 40 heavy (non-hydrogen) atoms. The smallest absolute Gasteiger partial charge is 0.261 e. The predicted octanol–water partition coefficient (Wildman–Crippen LogP) is 4.82. The summed E-state index contributed by atoms with van der Waals surface area (Å²) >= 11 is 6.08. The first-order valence-electron chi connectivity index (χ1n) is 13.5. The Morgan fingerprint density at radius 3 is 2.67 bits per heavy atom. The third-order valence-corrected chi connectivity index (χ3v) is 7.94. The number of hydrogen-bond donors (Lipinski definition) is 4. The summed E-state index contributed by atoms with van der Waals surface area (Å²) in [5.74, 6) is 0.928. The average Bonchev–Trinajstić information content (AvgIpc) is 3.39. The Kier molecular flexibility index (Phi) is 8.87. The minimum atomic E-state index is -0.799. The Morgan fingerprint density at radius 2 is 1.95 bits per heavy atom. The topological polar surface area (TPSA) is 115 Å². The number of aryl methyl sites for hydroxylation is 1. The Labute approximate surface area is 238 Å². The van der Waals surface area contributed by atoms with Crippen molar-refractivity contribution >= 4 is 28.3 Å². The molecule has 0 radical (unpaired) electrons. The van der Waals surface area contributed by atoms with Gasteiger partial charge in [0.25, 0.3) is 5.56 Å². The van der Waals surface area contributed by atoms with Gasteiger partial charge in [0.05, 0.1) is 22.8 Å². The fourth-order valence-corrected chi connectivity index (χ4v) is 5.68. The van der Waals surface area contributed by atoms with E-state index in [1.165, 1.54) is 5.56 Å². The Morgan fingerprint density at radius 1 is 1.18 bits per heavy atom. The SMILES string of the molecule is COC(CN1CCC(c2cc(C)c3nc(-c4c(NC[C@@H](O)c5cccc(Cl)c5)cc[nH]c4=O)[nH]c3c2)CC1)OC. The highest BCUT2D eigenvalue weighted by molar-refractivity contribution is 6.30. The Bertz CT molecular complexity index is 1510. The third-order valence-electron chi connectivity index (χ3n) is 7.71. The van der Waals surface area contributed by atoms with Crippen molar-refractivity contribution in [3.8, 4) is 11.4 Å². The maximum absolute atomic E-state index is 13.0. The Hall–Kier alpha value is -3.21. The molecular weight excluding hydrogens is 530 g/mol. The predicted molar refractivity (Wildman–Crippen MR) is 158 cm³/mol. The van der Waals surface area contributed by atoms with Gasteiger partial charge in [-0.25, -0.2) is 4.98 Å². The molecule has 0 unspecified atom stereocenters. The fraction of sp³-hybridized carbons (Fsp3) is 0.400. The third kappa shape index (κ3) is 6.24. The van der Waals surface area contributed by atoms with Crippen molar-refractivity contribution in [2.45, 2.75) is 38.1 Å². The summed E-state index contributed by atoms with van der Waals surface area (Å²) in [6.45, 7) is 4.99. The molecule has 10 heteroatoms. The minimum absolute atomic E-state index is 0.203. The van der Waals surface area contributed by atoms with Gasteiger partial charge < -0.3 is 29.9 Å². The number of anilines is 1. The van der Waals surface area contributed by atoms with Gasteiger partial charge in [0.15, 0.2) is 6.29 Å². The largest absolute Gasteiger partial charge is 0.387 e. The lowest BCUT2D eigenvalue weighted by molar-refractivity contribution is -0.118. The molecule has 2 aromatic heterocycles. The number of aliphatic hydroxyl groups is 1. The molecule has 0 bridgehead atoms. The van der Waals surface area contributed by atoms with E-state index in [1.54, 1.807) is 44.7 Å². The van der Waals surface area contributed by atoms with Gasteiger partial charge in [-0.05, 0) is 79.7 Å². The molecule has 4 aromatic rings. The van der Waals surface area contributed by atoms with Crippen molar-refractivity contribution in [2.75, 3.05) is 45.7 Å². The number of rotatable bonds is 10. The number of halogens is 1. The van der Waals surface area contributed by atoms with E-state index in [-0.39, 0.29) is 18.4 Å². The molecule has 4 N–H and O–H groups in total. The van der Waals surface area contributed by atoms with Gasteiger partial charge in [-0.2, -0.15) is 0 Å². The van der Waals surface area contributed by atoms with E-state index >= 15 is 0 Å². The van der Waals surface area contributed by atoms with Gasteiger partial charge >= 0.3 is 0 Å². The first kappa shape index (κ1) is 28.3. The number of hydrogen-bond acceptors (Lipinski definition) is 7. The van der Waals surface area contributed by atoms with Gasteiger partial charge in [-0.3, -0.25) is 9.69 Å². The van der Waals surface area contributed by atoms with Gasteiger partial charge in [0, 0.05) is 38.5 Å². The number of methoxy groups -OCH3 is 2. The van der Waals surface area contributed by atoms with Crippen molar-refractivity contribution in [2.24, 2.45) is 0 Å². The summed E-state index contributed by atoms with van der Waals surface area (Å²) in [4.78, 5) is 26.3. The number of nitrogens with zero attached hydrogens (tertiary/aromatic N) is 2. The molecule has 9 nitrogen and oxygen atoms in total. The highest BCUT2D eigenvalue weighted by Gasteiger charge is 2.24. The number of aromatic nitrogens is 3. The van der Waals surface area contributed by atoms with E-state index in [4.69, 9.17) is 26.1 Å². The van der Waals surface area contributed by atoms with Crippen molar-refractivity contribution in [3.05, 3.63) is 80.7 Å². The average molecular weight is 566 g/mol. The van der Waals surface area contributed by atoms with Gasteiger partial charge in [0.1, 0.15) is 11.4 Å². The number of pyridine rings is 1. The lowest BCUT2D eigenvalue weighted by Crippen LogP contribution is -2.39. The van der Waals surface area contributed by atoms with E-state index in [2.05, 4.69) is 39.2 Å². The van der Waals surface area contributed by atoms with Crippen LogP contribution in [-0.2, 0) is 9.47 Å². The first-order chi connectivity index (χ1) is 19.4. The van der Waals surface area contributed by atoms with E-state index in [0.717, 1.165) is 49.1 Å². The zero-order valence-electron chi connectivity index (χ0n) is 23.0. The van der Waals surface area contributed by atoms with Crippen LogP contribution in [0.4, 0.5) is 5.69 Å². The van der Waals surface area contributed by atoms with E-state index in [0.29, 0.717) is 33.6 Å². The van der Waals surface area contributed by atoms with Crippen LogP contribution in [-0.4, -0.2) is 71.6 Å². The number of H-pyrrole nitrogens is 2. The summed E-state index contributed by atoms with van der Waals surface area (Å²) in [5, 5.41) is 14.5. The number of benzene rings is 2. The second kappa shape index (κ2) is 12.5. The molecule has 1 fully saturated rings. The van der Waals surface area contributed by atoms with Gasteiger partial charge in [-0.15, -0.1) is 0 Å². The maximum atomic E-state index is 13.0. The first-order valence-corrected chi connectivity index (χ1v) is 13.9. The summed E-state index contributed by atoms with van der Waals surface area (Å²) in [6.07, 6.45) is 2.67. The lowest BCUT2D eigenvalue weighted by atomic mass is 9.88. The molecule has 0 aliphatic carbocycles. The highest BCUT2D eigenvalue weighted by Crippen LogP contribution is 2.33. The van der Waals surface area contributed by atoms with Crippen LogP contribution in [0.2, 0.25) is 5.02 Å². The van der Waals surface area contributed by atoms with Crippen LogP contribution < -0.4 is 10.9 Å². The fourth-order valence-electron chi connectivity index (χ4n) is 5.48. The van der Waals surface area contributed by atoms with Crippen molar-refractivity contribution < 1.29 is 14.6 Å². The van der Waals surface area contributed by atoms with E-state index in [1.807, 2.05) is 6.07 Å². The number of piperidine rings is 1. The summed E-state index contributed by atoms with van der Waals surface area (Å²) in [5.41, 5.74) is 5.50. The van der Waals surface area contributed by atoms with Crippen LogP contribution in [0.15, 0.2) is 53.5 Å². The number of nitrogens with one attached hydrogen (secondary N) is 3. The molecule has 1 atom stereocenters. The second-order valence-electron chi connectivity index (χ2n) is 10.3. The van der Waals surface area contributed by atoms with Crippen LogP contribution in [0.5, 0.6) is 0 Å². The molecule has 5 rings (SSSR count). The monoisotopic (exact) mass is 565 g/mol.